The number of ether oxygens (including phenoxy) is 3. The van der Waals surface area contributed by atoms with Crippen molar-refractivity contribution in [2.45, 2.75) is 71.6 Å². The lowest BCUT2D eigenvalue weighted by Gasteiger charge is -2.29. The van der Waals surface area contributed by atoms with E-state index in [4.69, 9.17) is 29.0 Å². The number of carbonyl (C=O) groups is 1. The molecule has 0 amide bonds. The number of rotatable bonds is 12. The van der Waals surface area contributed by atoms with Crippen LogP contribution in [0.25, 0.3) is 21.9 Å². The third kappa shape index (κ3) is 7.41. The van der Waals surface area contributed by atoms with E-state index in [9.17, 15) is 19.6 Å². The van der Waals surface area contributed by atoms with Crippen molar-refractivity contribution < 1.29 is 42.8 Å². The number of benzene rings is 2. The van der Waals surface area contributed by atoms with Crippen LogP contribution in [-0.4, -0.2) is 79.9 Å². The average molecular weight is 687 g/mol. The van der Waals surface area contributed by atoms with Gasteiger partial charge in [-0.05, 0) is 29.7 Å². The fourth-order valence-electron chi connectivity index (χ4n) is 5.29. The van der Waals surface area contributed by atoms with Crippen LogP contribution in [0.1, 0.15) is 47.8 Å². The minimum Gasteiger partial charge on any atom is -0.479 e. The fourth-order valence-corrected chi connectivity index (χ4v) is 6.97. The average Bonchev–Trinajstić information content (AvgIpc) is 3.54. The minimum atomic E-state index is -4.43. The molecule has 5 N–H and O–H groups in total. The molecule has 4 aromatic rings. The van der Waals surface area contributed by atoms with Gasteiger partial charge in [-0.1, -0.05) is 71.0 Å². The molecule has 15 nitrogen and oxygen atoms in total. The predicted octanol–water partition coefficient (Wildman–Crippen LogP) is 3.99. The number of nitrogens with zero attached hydrogens (tertiary/aromatic N) is 4. The van der Waals surface area contributed by atoms with Gasteiger partial charge in [-0.15, -0.1) is 0 Å². The number of nitrogen functional groups attached to an aromatic ring is 1. The molecule has 0 spiro atoms. The first-order chi connectivity index (χ1) is 22.5. The maximum atomic E-state index is 14.6. The summed E-state index contributed by atoms with van der Waals surface area (Å²) in [5.74, 6) is -0.757. The number of carbonyl (C=O) groups excluding carboxylic acids is 1. The number of nitrogens with one attached hydrogen (secondary N) is 1. The SMILES string of the molecule is COc1nc(N)nc2c1ncn2C1O[C@H](COP(=O)(N[C@H](C(=O)OCC(C)(C)C)C(C)C)Oc2cccc3ccccc23)[C@@H](O)[C@@]1(C)O. The van der Waals surface area contributed by atoms with Crippen LogP contribution in [-0.2, 0) is 23.4 Å². The van der Waals surface area contributed by atoms with Gasteiger partial charge in [0.1, 0.15) is 29.6 Å². The molecule has 1 fully saturated rings. The molecule has 0 radical (unpaired) electrons. The summed E-state index contributed by atoms with van der Waals surface area (Å²) in [6.45, 7) is 10.3. The lowest BCUT2D eigenvalue weighted by molar-refractivity contribution is -0.149. The van der Waals surface area contributed by atoms with Gasteiger partial charge in [-0.2, -0.15) is 15.1 Å². The van der Waals surface area contributed by atoms with Gasteiger partial charge in [0.15, 0.2) is 17.4 Å². The van der Waals surface area contributed by atoms with Crippen LogP contribution < -0.4 is 20.1 Å². The van der Waals surface area contributed by atoms with Gasteiger partial charge in [-0.25, -0.2) is 9.55 Å². The summed E-state index contributed by atoms with van der Waals surface area (Å²) in [4.78, 5) is 25.8. The van der Waals surface area contributed by atoms with E-state index in [0.717, 1.165) is 5.39 Å². The van der Waals surface area contributed by atoms with E-state index in [0.29, 0.717) is 5.39 Å². The Labute approximate surface area is 278 Å². The first kappa shape index (κ1) is 35.5. The van der Waals surface area contributed by atoms with Gasteiger partial charge >= 0.3 is 13.7 Å². The summed E-state index contributed by atoms with van der Waals surface area (Å²) in [6.07, 6.45) is -2.64. The molecule has 1 aliphatic rings. The standard InChI is InChI=1S/C32H43N6O9P/c1-18(2)23(28(40)44-16-31(3,4)5)37-48(42,47-21-14-10-12-19-11-8-9-13-20(19)21)45-15-22-25(39)32(6,41)29(46-22)38-17-34-24-26(38)35-30(33)36-27(24)43-7/h8-14,17-18,22-23,25,29,39,41H,15-16H2,1-7H3,(H,37,42)(H2,33,35,36)/t22-,23+,25-,29?,32-,48?/m1/s1. The van der Waals surface area contributed by atoms with E-state index < -0.39 is 50.4 Å². The second-order valence-corrected chi connectivity index (χ2v) is 15.2. The molecule has 0 bridgehead atoms. The van der Waals surface area contributed by atoms with Gasteiger partial charge in [0.05, 0.1) is 26.7 Å². The first-order valence-corrected chi connectivity index (χ1v) is 17.0. The maximum absolute atomic E-state index is 14.6. The van der Waals surface area contributed by atoms with Crippen LogP contribution in [0.15, 0.2) is 48.8 Å². The summed E-state index contributed by atoms with van der Waals surface area (Å²) < 4.78 is 45.0. The molecule has 1 saturated heterocycles. The topological polar surface area (TPSA) is 202 Å². The highest BCUT2D eigenvalue weighted by atomic mass is 31.2. The molecule has 2 aromatic carbocycles. The number of aliphatic hydroxyl groups excluding tert-OH is 1. The highest BCUT2D eigenvalue weighted by molar-refractivity contribution is 7.52. The van der Waals surface area contributed by atoms with Gasteiger partial charge in [0.25, 0.3) is 0 Å². The number of imidazole rings is 1. The Morgan fingerprint density at radius 3 is 2.58 bits per heavy atom. The summed E-state index contributed by atoms with van der Waals surface area (Å²) in [6, 6.07) is 11.5. The van der Waals surface area contributed by atoms with Gasteiger partial charge in [0, 0.05) is 5.39 Å². The third-order valence-corrected chi connectivity index (χ3v) is 9.37. The molecular weight excluding hydrogens is 643 g/mol. The van der Waals surface area contributed by atoms with Crippen LogP contribution in [0.4, 0.5) is 5.95 Å². The molecular formula is C32H43N6O9P. The smallest absolute Gasteiger partial charge is 0.459 e. The summed E-state index contributed by atoms with van der Waals surface area (Å²) in [5, 5.41) is 27.0. The molecule has 6 atom stereocenters. The molecule has 0 saturated carbocycles. The predicted molar refractivity (Wildman–Crippen MR) is 177 cm³/mol. The number of methoxy groups -OCH3 is 1. The Bertz CT molecular complexity index is 1820. The van der Waals surface area contributed by atoms with Gasteiger partial charge in [-0.3, -0.25) is 13.9 Å². The van der Waals surface area contributed by atoms with Crippen molar-refractivity contribution in [1.29, 1.82) is 0 Å². The van der Waals surface area contributed by atoms with Crippen LogP contribution in [0, 0.1) is 11.3 Å². The Morgan fingerprint density at radius 2 is 1.90 bits per heavy atom. The quantitative estimate of drug-likeness (QED) is 0.123. The van der Waals surface area contributed by atoms with Crippen molar-refractivity contribution in [3.05, 3.63) is 48.8 Å². The monoisotopic (exact) mass is 686 g/mol. The lowest BCUT2D eigenvalue weighted by Crippen LogP contribution is -2.45. The second kappa shape index (κ2) is 13.6. The normalized spacial score (nSPS) is 23.3. The minimum absolute atomic E-state index is 0.0995. The molecule has 2 unspecified atom stereocenters. The fraction of sp³-hybridized carbons (Fsp3) is 0.500. The van der Waals surface area contributed by atoms with Crippen LogP contribution >= 0.6 is 7.75 Å². The summed E-state index contributed by atoms with van der Waals surface area (Å²) in [5.41, 5.74) is 4.11. The number of esters is 1. The molecule has 16 heteroatoms. The van der Waals surface area contributed by atoms with Gasteiger partial charge in [0.2, 0.25) is 11.8 Å². The first-order valence-electron chi connectivity index (χ1n) is 15.5. The molecule has 3 heterocycles. The van der Waals surface area contributed by atoms with E-state index in [2.05, 4.69) is 20.0 Å². The van der Waals surface area contributed by atoms with E-state index in [1.54, 1.807) is 32.0 Å². The van der Waals surface area contributed by atoms with Crippen molar-refractivity contribution >= 4 is 41.6 Å². The number of fused-ring (bicyclic) bond motifs is 2. The van der Waals surface area contributed by atoms with Crippen LogP contribution in [0.3, 0.4) is 0 Å². The Balaban J connectivity index is 1.44. The zero-order chi connectivity index (χ0) is 35.0. The second-order valence-electron chi connectivity index (χ2n) is 13.5. The van der Waals surface area contributed by atoms with Crippen LogP contribution in [0.5, 0.6) is 11.6 Å². The Morgan fingerprint density at radius 1 is 1.19 bits per heavy atom. The van der Waals surface area contributed by atoms with E-state index in [-0.39, 0.29) is 46.7 Å². The summed E-state index contributed by atoms with van der Waals surface area (Å²) in [7, 11) is -3.02. The molecule has 1 aliphatic heterocycles. The van der Waals surface area contributed by atoms with Crippen molar-refractivity contribution in [3.8, 4) is 11.6 Å². The molecule has 2 aromatic heterocycles. The van der Waals surface area contributed by atoms with E-state index in [1.807, 2.05) is 45.0 Å². The molecule has 260 valence electrons. The number of hydrogen-bond donors (Lipinski definition) is 4. The van der Waals surface area contributed by atoms with Crippen molar-refractivity contribution in [1.82, 2.24) is 24.6 Å². The van der Waals surface area contributed by atoms with Crippen molar-refractivity contribution in [2.24, 2.45) is 11.3 Å². The third-order valence-electron chi connectivity index (χ3n) is 7.85. The van der Waals surface area contributed by atoms with Crippen molar-refractivity contribution in [3.63, 3.8) is 0 Å². The molecule has 48 heavy (non-hydrogen) atoms. The van der Waals surface area contributed by atoms with Crippen molar-refractivity contribution in [2.75, 3.05) is 26.1 Å². The number of aliphatic hydroxyl groups is 2. The maximum Gasteiger partial charge on any atom is 0.459 e. The highest BCUT2D eigenvalue weighted by Gasteiger charge is 2.54. The van der Waals surface area contributed by atoms with E-state index in [1.165, 1.54) is 24.9 Å². The number of anilines is 1. The number of aromatic nitrogens is 4. The Kier molecular flexibility index (Phi) is 10.0. The summed E-state index contributed by atoms with van der Waals surface area (Å²) >= 11 is 0. The largest absolute Gasteiger partial charge is 0.479 e. The van der Waals surface area contributed by atoms with Gasteiger partial charge < -0.3 is 34.7 Å². The lowest BCUT2D eigenvalue weighted by atomic mass is 9.96. The highest BCUT2D eigenvalue weighted by Crippen LogP contribution is 2.49. The molecule has 0 aliphatic carbocycles. The zero-order valence-electron chi connectivity index (χ0n) is 28.0. The van der Waals surface area contributed by atoms with Crippen LogP contribution in [0.2, 0.25) is 0 Å². The molecule has 5 rings (SSSR count). The zero-order valence-corrected chi connectivity index (χ0v) is 28.9. The number of hydrogen-bond acceptors (Lipinski definition) is 13. The van der Waals surface area contributed by atoms with E-state index >= 15 is 0 Å². The Hall–Kier alpha value is -3.85. The number of nitrogens with two attached hydrogens (primary N) is 1.